The average molecular weight is 153 g/mol. The summed E-state index contributed by atoms with van der Waals surface area (Å²) in [4.78, 5) is 3.88. The third-order valence-corrected chi connectivity index (χ3v) is 1.35. The maximum atomic E-state index is 5.48. The highest BCUT2D eigenvalue weighted by Crippen LogP contribution is 1.85. The molecule has 3 heteroatoms. The summed E-state index contributed by atoms with van der Waals surface area (Å²) in [5.74, 6) is 2.81. The van der Waals surface area contributed by atoms with Crippen molar-refractivity contribution in [1.82, 2.24) is 5.32 Å². The molecule has 0 aliphatic heterocycles. The van der Waals surface area contributed by atoms with Gasteiger partial charge < -0.3 is 11.1 Å². The molecule has 0 rings (SSSR count). The second-order valence-electron chi connectivity index (χ2n) is 2.36. The third kappa shape index (κ3) is 5.28. The van der Waals surface area contributed by atoms with Gasteiger partial charge in [-0.05, 0) is 13.3 Å². The molecule has 1 atom stereocenters. The SMILES string of the molecule is C#CCN=C(N)NC(C)CC. The van der Waals surface area contributed by atoms with E-state index in [4.69, 9.17) is 12.2 Å². The quantitative estimate of drug-likeness (QED) is 0.348. The minimum absolute atomic E-state index is 0.343. The fourth-order valence-electron chi connectivity index (χ4n) is 0.531. The number of terminal acetylenes is 1. The molecule has 0 bridgehead atoms. The maximum absolute atomic E-state index is 5.48. The number of hydrogen-bond acceptors (Lipinski definition) is 1. The van der Waals surface area contributed by atoms with Crippen LogP contribution in [-0.4, -0.2) is 18.5 Å². The minimum Gasteiger partial charge on any atom is -0.370 e. The fourth-order valence-corrected chi connectivity index (χ4v) is 0.531. The smallest absolute Gasteiger partial charge is 0.189 e. The van der Waals surface area contributed by atoms with E-state index >= 15 is 0 Å². The number of rotatable bonds is 3. The molecule has 0 radical (unpaired) electrons. The molecular formula is C8H15N3. The lowest BCUT2D eigenvalue weighted by atomic mass is 10.3. The second kappa shape index (κ2) is 5.60. The van der Waals surface area contributed by atoms with Crippen LogP contribution < -0.4 is 11.1 Å². The second-order valence-corrected chi connectivity index (χ2v) is 2.36. The molecule has 62 valence electrons. The van der Waals surface area contributed by atoms with Gasteiger partial charge in [-0.25, -0.2) is 4.99 Å². The molecule has 0 spiro atoms. The van der Waals surface area contributed by atoms with Gasteiger partial charge >= 0.3 is 0 Å². The van der Waals surface area contributed by atoms with E-state index in [0.29, 0.717) is 18.5 Å². The topological polar surface area (TPSA) is 50.4 Å². The van der Waals surface area contributed by atoms with Crippen LogP contribution in [0.4, 0.5) is 0 Å². The van der Waals surface area contributed by atoms with Crippen LogP contribution in [0.1, 0.15) is 20.3 Å². The summed E-state index contributed by atoms with van der Waals surface area (Å²) in [6.45, 7) is 4.46. The van der Waals surface area contributed by atoms with Gasteiger partial charge in [0.25, 0.3) is 0 Å². The Hall–Kier alpha value is -1.17. The Morgan fingerprint density at radius 2 is 2.45 bits per heavy atom. The van der Waals surface area contributed by atoms with E-state index in [2.05, 4.69) is 23.2 Å². The first-order valence-corrected chi connectivity index (χ1v) is 3.70. The summed E-state index contributed by atoms with van der Waals surface area (Å²) >= 11 is 0. The van der Waals surface area contributed by atoms with Crippen LogP contribution in [0.15, 0.2) is 4.99 Å². The van der Waals surface area contributed by atoms with E-state index in [1.165, 1.54) is 0 Å². The Morgan fingerprint density at radius 1 is 1.82 bits per heavy atom. The highest BCUT2D eigenvalue weighted by atomic mass is 15.1. The van der Waals surface area contributed by atoms with Gasteiger partial charge in [0.1, 0.15) is 6.54 Å². The van der Waals surface area contributed by atoms with Crippen molar-refractivity contribution in [2.45, 2.75) is 26.3 Å². The Labute approximate surface area is 68.1 Å². The van der Waals surface area contributed by atoms with Crippen LogP contribution in [0.2, 0.25) is 0 Å². The van der Waals surface area contributed by atoms with Gasteiger partial charge in [-0.2, -0.15) is 0 Å². The van der Waals surface area contributed by atoms with E-state index in [1.807, 2.05) is 6.92 Å². The summed E-state index contributed by atoms with van der Waals surface area (Å²) in [6.07, 6.45) is 6.02. The molecule has 0 amide bonds. The standard InChI is InChI=1S/C8H15N3/c1-4-6-10-8(9)11-7(3)5-2/h1,7H,5-6H2,2-3H3,(H3,9,10,11). The van der Waals surface area contributed by atoms with Crippen LogP contribution in [0, 0.1) is 12.3 Å². The predicted molar refractivity (Wildman–Crippen MR) is 48.2 cm³/mol. The first kappa shape index (κ1) is 9.83. The largest absolute Gasteiger partial charge is 0.370 e. The van der Waals surface area contributed by atoms with Crippen molar-refractivity contribution >= 4 is 5.96 Å². The summed E-state index contributed by atoms with van der Waals surface area (Å²) in [6, 6.07) is 0.358. The molecule has 11 heavy (non-hydrogen) atoms. The third-order valence-electron chi connectivity index (χ3n) is 1.35. The zero-order valence-corrected chi connectivity index (χ0v) is 7.09. The van der Waals surface area contributed by atoms with Crippen molar-refractivity contribution in [3.8, 4) is 12.3 Å². The van der Waals surface area contributed by atoms with E-state index in [1.54, 1.807) is 0 Å². The summed E-state index contributed by atoms with van der Waals surface area (Å²) < 4.78 is 0. The molecule has 3 N–H and O–H groups in total. The summed E-state index contributed by atoms with van der Waals surface area (Å²) in [5, 5.41) is 3.00. The van der Waals surface area contributed by atoms with Crippen LogP contribution in [-0.2, 0) is 0 Å². The van der Waals surface area contributed by atoms with Crippen LogP contribution in [0.3, 0.4) is 0 Å². The molecule has 0 heterocycles. The van der Waals surface area contributed by atoms with Crippen molar-refractivity contribution in [3.05, 3.63) is 0 Å². The first-order chi connectivity index (χ1) is 5.20. The Kier molecular flexibility index (Phi) is 5.01. The molecule has 0 saturated carbocycles. The number of nitrogens with one attached hydrogen (secondary N) is 1. The van der Waals surface area contributed by atoms with Gasteiger partial charge in [-0.15, -0.1) is 6.42 Å². The molecule has 0 aromatic heterocycles. The molecule has 3 nitrogen and oxygen atoms in total. The highest BCUT2D eigenvalue weighted by molar-refractivity contribution is 5.78. The number of aliphatic imine (C=N–C) groups is 1. The maximum Gasteiger partial charge on any atom is 0.189 e. The number of nitrogens with two attached hydrogens (primary N) is 1. The number of guanidine groups is 1. The lowest BCUT2D eigenvalue weighted by Gasteiger charge is -2.10. The van der Waals surface area contributed by atoms with E-state index in [9.17, 15) is 0 Å². The van der Waals surface area contributed by atoms with E-state index in [-0.39, 0.29) is 0 Å². The summed E-state index contributed by atoms with van der Waals surface area (Å²) in [5.41, 5.74) is 5.48. The molecule has 0 aromatic carbocycles. The van der Waals surface area contributed by atoms with Crippen molar-refractivity contribution < 1.29 is 0 Å². The zero-order chi connectivity index (χ0) is 8.69. The number of hydrogen-bond donors (Lipinski definition) is 2. The molecule has 0 aromatic rings. The van der Waals surface area contributed by atoms with Crippen molar-refractivity contribution in [2.24, 2.45) is 10.7 Å². The highest BCUT2D eigenvalue weighted by Gasteiger charge is 1.96. The molecule has 1 unspecified atom stereocenters. The lowest BCUT2D eigenvalue weighted by Crippen LogP contribution is -2.38. The van der Waals surface area contributed by atoms with E-state index < -0.39 is 0 Å². The van der Waals surface area contributed by atoms with Crippen LogP contribution in [0.25, 0.3) is 0 Å². The minimum atomic E-state index is 0.343. The predicted octanol–water partition coefficient (Wildman–Crippen LogP) is 0.322. The lowest BCUT2D eigenvalue weighted by molar-refractivity contribution is 0.637. The van der Waals surface area contributed by atoms with Gasteiger partial charge in [0.2, 0.25) is 0 Å². The fraction of sp³-hybridized carbons (Fsp3) is 0.625. The van der Waals surface area contributed by atoms with Gasteiger partial charge in [-0.3, -0.25) is 0 Å². The average Bonchev–Trinajstić information content (AvgIpc) is 2.00. The Morgan fingerprint density at radius 3 is 2.91 bits per heavy atom. The number of nitrogens with zero attached hydrogens (tertiary/aromatic N) is 1. The first-order valence-electron chi connectivity index (χ1n) is 3.70. The molecule has 0 aliphatic carbocycles. The molecule has 0 aliphatic rings. The van der Waals surface area contributed by atoms with Crippen LogP contribution >= 0.6 is 0 Å². The van der Waals surface area contributed by atoms with Crippen LogP contribution in [0.5, 0.6) is 0 Å². The van der Waals surface area contributed by atoms with Crippen molar-refractivity contribution in [3.63, 3.8) is 0 Å². The van der Waals surface area contributed by atoms with Crippen molar-refractivity contribution in [1.29, 1.82) is 0 Å². The molecular weight excluding hydrogens is 138 g/mol. The van der Waals surface area contributed by atoms with Gasteiger partial charge in [0.05, 0.1) is 0 Å². The summed E-state index contributed by atoms with van der Waals surface area (Å²) in [7, 11) is 0. The Bertz CT molecular complexity index is 167. The Balaban J connectivity index is 3.68. The molecule has 0 saturated heterocycles. The van der Waals surface area contributed by atoms with Crippen molar-refractivity contribution in [2.75, 3.05) is 6.54 Å². The monoisotopic (exact) mass is 153 g/mol. The normalized spacial score (nSPS) is 13.7. The molecule has 0 fully saturated rings. The van der Waals surface area contributed by atoms with E-state index in [0.717, 1.165) is 6.42 Å². The van der Waals surface area contributed by atoms with Gasteiger partial charge in [0, 0.05) is 6.04 Å². The zero-order valence-electron chi connectivity index (χ0n) is 7.09. The van der Waals surface area contributed by atoms with Gasteiger partial charge in [0.15, 0.2) is 5.96 Å². The van der Waals surface area contributed by atoms with Gasteiger partial charge in [-0.1, -0.05) is 12.8 Å².